The third-order valence-electron chi connectivity index (χ3n) is 11.1. The van der Waals surface area contributed by atoms with Gasteiger partial charge in [0, 0.05) is 23.2 Å². The largest absolute Gasteiger partial charge is 0.460 e. The summed E-state index contributed by atoms with van der Waals surface area (Å²) >= 11 is 0. The molecule has 2 N–H and O–H groups in total. The Balaban J connectivity index is 0.000000194. The third kappa shape index (κ3) is 8.21. The standard InChI is InChI=1S/2C20H26FNO3/c2*1-13(17(24)22-15-7-5-14(21)6-8-15)20-10-19(11-20,12-20)9-16(23)25-18(2,3)4/h2*5-8,13H,9-12H2,1-4H3,(H,22,24)/t2*13-,19?,20?/m10/s1. The fraction of sp³-hybridized carbons (Fsp3) is 0.600. The zero-order valence-corrected chi connectivity index (χ0v) is 30.6. The molecule has 0 heterocycles. The topological polar surface area (TPSA) is 111 Å². The van der Waals surface area contributed by atoms with E-state index in [0.29, 0.717) is 24.2 Å². The Labute approximate surface area is 294 Å². The molecule has 8 rings (SSSR count). The molecule has 6 aliphatic carbocycles. The Bertz CT molecular complexity index is 1460. The predicted octanol–water partition coefficient (Wildman–Crippen LogP) is 8.60. The second-order valence-corrected chi connectivity index (χ2v) is 17.7. The first-order valence-electron chi connectivity index (χ1n) is 17.6. The summed E-state index contributed by atoms with van der Waals surface area (Å²) in [7, 11) is 0. The van der Waals surface area contributed by atoms with Crippen molar-refractivity contribution in [2.24, 2.45) is 33.5 Å². The molecule has 2 aromatic carbocycles. The number of ether oxygens (including phenoxy) is 2. The molecule has 2 amide bonds. The van der Waals surface area contributed by atoms with Crippen molar-refractivity contribution in [3.8, 4) is 0 Å². The number of hydrogen-bond acceptors (Lipinski definition) is 6. The first kappa shape index (κ1) is 37.4. The van der Waals surface area contributed by atoms with E-state index < -0.39 is 11.2 Å². The van der Waals surface area contributed by atoms with Crippen LogP contribution in [0.4, 0.5) is 20.2 Å². The van der Waals surface area contributed by atoms with E-state index in [9.17, 15) is 28.0 Å². The van der Waals surface area contributed by atoms with Gasteiger partial charge in [-0.2, -0.15) is 0 Å². The molecule has 2 aromatic rings. The quantitative estimate of drug-likeness (QED) is 0.241. The number of carbonyl (C=O) groups is 4. The molecule has 10 heteroatoms. The molecule has 8 nitrogen and oxygen atoms in total. The number of hydrogen-bond donors (Lipinski definition) is 2. The highest BCUT2D eigenvalue weighted by atomic mass is 19.1. The molecule has 0 spiro atoms. The predicted molar refractivity (Wildman–Crippen MR) is 187 cm³/mol. The summed E-state index contributed by atoms with van der Waals surface area (Å²) in [5, 5.41) is 5.71. The van der Waals surface area contributed by atoms with Crippen molar-refractivity contribution in [1.29, 1.82) is 0 Å². The van der Waals surface area contributed by atoms with Gasteiger partial charge in [-0.25, -0.2) is 8.78 Å². The van der Waals surface area contributed by atoms with Gasteiger partial charge in [-0.05, 0) is 150 Å². The lowest BCUT2D eigenvalue weighted by Crippen LogP contribution is -2.66. The van der Waals surface area contributed by atoms with E-state index in [1.807, 2.05) is 55.4 Å². The number of carbonyl (C=O) groups excluding carboxylic acids is 4. The van der Waals surface area contributed by atoms with E-state index in [-0.39, 0.29) is 68.9 Å². The molecule has 2 atom stereocenters. The van der Waals surface area contributed by atoms with Crippen molar-refractivity contribution >= 4 is 35.1 Å². The van der Waals surface area contributed by atoms with Crippen LogP contribution >= 0.6 is 0 Å². The molecular weight excluding hydrogens is 642 g/mol. The van der Waals surface area contributed by atoms with Crippen LogP contribution in [0.5, 0.6) is 0 Å². The summed E-state index contributed by atoms with van der Waals surface area (Å²) in [5.41, 5.74) is 0.376. The molecule has 0 aromatic heterocycles. The number of anilines is 2. The minimum atomic E-state index is -0.458. The average molecular weight is 695 g/mol. The van der Waals surface area contributed by atoms with Gasteiger partial charge in [0.1, 0.15) is 22.8 Å². The molecule has 4 bridgehead atoms. The zero-order valence-electron chi connectivity index (χ0n) is 30.6. The molecule has 50 heavy (non-hydrogen) atoms. The molecule has 6 fully saturated rings. The van der Waals surface area contributed by atoms with E-state index in [1.165, 1.54) is 24.3 Å². The SMILES string of the molecule is C[C@@H](C(=O)Nc1ccc(F)cc1)C12CC(CC(=O)OC(C)(C)C)(C1)C2.C[C@H](C(=O)Nc1ccc(F)cc1)C12CC(CC(=O)OC(C)(C)C)(C1)C2. The smallest absolute Gasteiger partial charge is 0.306 e. The molecule has 0 saturated heterocycles. The van der Waals surface area contributed by atoms with Crippen LogP contribution < -0.4 is 10.6 Å². The molecule has 0 radical (unpaired) electrons. The number of benzene rings is 2. The minimum Gasteiger partial charge on any atom is -0.460 e. The van der Waals surface area contributed by atoms with Gasteiger partial charge in [-0.1, -0.05) is 13.8 Å². The average Bonchev–Trinajstić information content (AvgIpc) is 2.91. The van der Waals surface area contributed by atoms with Gasteiger partial charge >= 0.3 is 11.9 Å². The van der Waals surface area contributed by atoms with Crippen LogP contribution in [0.25, 0.3) is 0 Å². The van der Waals surface area contributed by atoms with Crippen LogP contribution in [0.2, 0.25) is 0 Å². The van der Waals surface area contributed by atoms with Crippen molar-refractivity contribution in [2.75, 3.05) is 10.6 Å². The second-order valence-electron chi connectivity index (χ2n) is 17.7. The summed E-state index contributed by atoms with van der Waals surface area (Å²) in [6.07, 6.45) is 6.29. The monoisotopic (exact) mass is 694 g/mol. The van der Waals surface area contributed by atoms with Crippen LogP contribution in [0, 0.1) is 45.1 Å². The molecular formula is C40H52F2N2O6. The lowest BCUT2D eigenvalue weighted by molar-refractivity contribution is -0.237. The number of nitrogens with one attached hydrogen (secondary N) is 2. The van der Waals surface area contributed by atoms with Crippen molar-refractivity contribution in [1.82, 2.24) is 0 Å². The Morgan fingerprint density at radius 3 is 1.14 bits per heavy atom. The van der Waals surface area contributed by atoms with Crippen LogP contribution in [-0.4, -0.2) is 35.0 Å². The Morgan fingerprint density at radius 2 is 0.880 bits per heavy atom. The Kier molecular flexibility index (Phi) is 9.78. The highest BCUT2D eigenvalue weighted by Crippen LogP contribution is 2.78. The molecule has 6 aliphatic rings. The fourth-order valence-corrected chi connectivity index (χ4v) is 8.96. The van der Waals surface area contributed by atoms with E-state index in [0.717, 1.165) is 38.5 Å². The van der Waals surface area contributed by atoms with Gasteiger partial charge in [0.05, 0.1) is 12.8 Å². The summed E-state index contributed by atoms with van der Waals surface area (Å²) < 4.78 is 36.7. The molecule has 6 saturated carbocycles. The third-order valence-corrected chi connectivity index (χ3v) is 11.1. The molecule has 0 unspecified atom stereocenters. The molecule has 272 valence electrons. The van der Waals surface area contributed by atoms with Gasteiger partial charge in [0.15, 0.2) is 0 Å². The first-order valence-corrected chi connectivity index (χ1v) is 17.6. The highest BCUT2D eigenvalue weighted by molar-refractivity contribution is 5.94. The summed E-state index contributed by atoms with van der Waals surface area (Å²) in [6, 6.07) is 11.6. The van der Waals surface area contributed by atoms with Crippen molar-refractivity contribution in [3.63, 3.8) is 0 Å². The van der Waals surface area contributed by atoms with E-state index in [2.05, 4.69) is 10.6 Å². The number of halogens is 2. The van der Waals surface area contributed by atoms with Crippen molar-refractivity contribution < 1.29 is 37.4 Å². The van der Waals surface area contributed by atoms with Crippen LogP contribution in [0.15, 0.2) is 48.5 Å². The van der Waals surface area contributed by atoms with Crippen molar-refractivity contribution in [3.05, 3.63) is 60.2 Å². The van der Waals surface area contributed by atoms with Gasteiger partial charge in [0.2, 0.25) is 11.8 Å². The summed E-state index contributed by atoms with van der Waals surface area (Å²) in [5.74, 6) is -1.29. The van der Waals surface area contributed by atoms with Crippen LogP contribution in [0.1, 0.15) is 107 Å². The molecule has 0 aliphatic heterocycles. The van der Waals surface area contributed by atoms with E-state index >= 15 is 0 Å². The van der Waals surface area contributed by atoms with Crippen LogP contribution in [0.3, 0.4) is 0 Å². The Hall–Kier alpha value is -3.82. The minimum absolute atomic E-state index is 0.00608. The maximum Gasteiger partial charge on any atom is 0.306 e. The summed E-state index contributed by atoms with van der Waals surface area (Å²) in [4.78, 5) is 49.0. The first-order chi connectivity index (χ1) is 23.1. The van der Waals surface area contributed by atoms with Crippen molar-refractivity contribution in [2.45, 2.75) is 118 Å². The number of rotatable bonds is 10. The van der Waals surface area contributed by atoms with Gasteiger partial charge in [-0.3, -0.25) is 19.2 Å². The lowest BCUT2D eigenvalue weighted by atomic mass is 9.31. The summed E-state index contributed by atoms with van der Waals surface area (Å²) in [6.45, 7) is 15.1. The fourth-order valence-electron chi connectivity index (χ4n) is 8.96. The zero-order chi connectivity index (χ0) is 36.9. The normalized spacial score (nSPS) is 28.4. The van der Waals surface area contributed by atoms with Crippen LogP contribution in [-0.2, 0) is 28.7 Å². The number of amides is 2. The second kappa shape index (κ2) is 13.1. The number of esters is 2. The Morgan fingerprint density at radius 1 is 0.600 bits per heavy atom. The van der Waals surface area contributed by atoms with Gasteiger partial charge in [-0.15, -0.1) is 0 Å². The van der Waals surface area contributed by atoms with E-state index in [1.54, 1.807) is 24.3 Å². The van der Waals surface area contributed by atoms with E-state index in [4.69, 9.17) is 9.47 Å². The lowest BCUT2D eigenvalue weighted by Gasteiger charge is -2.72. The highest BCUT2D eigenvalue weighted by Gasteiger charge is 2.71. The maximum absolute atomic E-state index is 12.9. The van der Waals surface area contributed by atoms with Gasteiger partial charge < -0.3 is 20.1 Å². The maximum atomic E-state index is 12.9. The van der Waals surface area contributed by atoms with Gasteiger partial charge in [0.25, 0.3) is 0 Å².